The first-order chi connectivity index (χ1) is 11.7. The first kappa shape index (κ1) is 16.0. The van der Waals surface area contributed by atoms with Crippen molar-refractivity contribution in [3.05, 3.63) is 83.9 Å². The lowest BCUT2D eigenvalue weighted by Crippen LogP contribution is -2.46. The topological polar surface area (TPSA) is 53.2 Å². The minimum absolute atomic E-state index is 0.226. The van der Waals surface area contributed by atoms with Gasteiger partial charge in [0, 0.05) is 12.1 Å². The third-order valence-electron chi connectivity index (χ3n) is 3.62. The molecule has 0 aliphatic carbocycles. The number of thiocarbonyl (C=S) groups is 1. The van der Waals surface area contributed by atoms with E-state index in [1.54, 1.807) is 6.07 Å². The van der Waals surface area contributed by atoms with Crippen molar-refractivity contribution in [3.8, 4) is 0 Å². The second-order valence-corrected chi connectivity index (χ2v) is 5.68. The largest absolute Gasteiger partial charge is 0.357 e. The van der Waals surface area contributed by atoms with Crippen molar-refractivity contribution in [1.82, 2.24) is 16.2 Å². The lowest BCUT2D eigenvalue weighted by molar-refractivity contribution is 0.0945. The molecular formula is C19H17N3OS. The van der Waals surface area contributed by atoms with Gasteiger partial charge in [-0.25, -0.2) is 0 Å². The minimum atomic E-state index is -0.226. The van der Waals surface area contributed by atoms with Crippen molar-refractivity contribution in [2.75, 3.05) is 0 Å². The van der Waals surface area contributed by atoms with Crippen molar-refractivity contribution < 1.29 is 4.79 Å². The molecule has 0 atom stereocenters. The van der Waals surface area contributed by atoms with Crippen molar-refractivity contribution in [3.63, 3.8) is 0 Å². The molecule has 1 amide bonds. The zero-order valence-corrected chi connectivity index (χ0v) is 13.8. The van der Waals surface area contributed by atoms with Gasteiger partial charge in [0.05, 0.1) is 0 Å². The Hall–Kier alpha value is -2.92. The molecule has 0 heterocycles. The highest BCUT2D eigenvalue weighted by Crippen LogP contribution is 2.18. The second-order valence-electron chi connectivity index (χ2n) is 5.27. The van der Waals surface area contributed by atoms with E-state index >= 15 is 0 Å². The molecule has 0 aliphatic rings. The Morgan fingerprint density at radius 3 is 2.38 bits per heavy atom. The van der Waals surface area contributed by atoms with Crippen LogP contribution in [0.1, 0.15) is 15.9 Å². The van der Waals surface area contributed by atoms with Crippen molar-refractivity contribution >= 4 is 34.0 Å². The maximum atomic E-state index is 12.4. The van der Waals surface area contributed by atoms with Crippen LogP contribution in [-0.4, -0.2) is 11.0 Å². The molecule has 4 nitrogen and oxygen atoms in total. The molecule has 3 aromatic rings. The van der Waals surface area contributed by atoms with E-state index in [-0.39, 0.29) is 5.91 Å². The standard InChI is InChI=1S/C19H17N3OS/c23-18(17-12-6-10-15-9-4-5-11-16(15)17)21-22-19(24)20-13-14-7-2-1-3-8-14/h1-12H,13H2,(H,21,23)(H2,20,22,24). The van der Waals surface area contributed by atoms with E-state index in [0.29, 0.717) is 17.2 Å². The molecule has 0 aliphatic heterocycles. The molecule has 0 radical (unpaired) electrons. The van der Waals surface area contributed by atoms with E-state index in [0.717, 1.165) is 16.3 Å². The summed E-state index contributed by atoms with van der Waals surface area (Å²) in [6.07, 6.45) is 0. The number of amides is 1. The number of hydrogen-bond acceptors (Lipinski definition) is 2. The predicted molar refractivity (Wildman–Crippen MR) is 100 cm³/mol. The van der Waals surface area contributed by atoms with Gasteiger partial charge in [0.2, 0.25) is 0 Å². The van der Waals surface area contributed by atoms with Crippen LogP contribution in [-0.2, 0) is 6.54 Å². The Morgan fingerprint density at radius 1 is 0.833 bits per heavy atom. The third kappa shape index (κ3) is 3.88. The normalized spacial score (nSPS) is 10.2. The molecule has 3 aromatic carbocycles. The Balaban J connectivity index is 1.58. The van der Waals surface area contributed by atoms with Gasteiger partial charge in [0.25, 0.3) is 5.91 Å². The van der Waals surface area contributed by atoms with Gasteiger partial charge in [0.15, 0.2) is 5.11 Å². The monoisotopic (exact) mass is 335 g/mol. The Kier molecular flexibility index (Phi) is 5.03. The zero-order chi connectivity index (χ0) is 16.8. The summed E-state index contributed by atoms with van der Waals surface area (Å²) in [7, 11) is 0. The lowest BCUT2D eigenvalue weighted by Gasteiger charge is -2.12. The van der Waals surface area contributed by atoms with E-state index < -0.39 is 0 Å². The van der Waals surface area contributed by atoms with Gasteiger partial charge in [0.1, 0.15) is 0 Å². The lowest BCUT2D eigenvalue weighted by atomic mass is 10.0. The van der Waals surface area contributed by atoms with Crippen LogP contribution in [0.2, 0.25) is 0 Å². The number of nitrogens with one attached hydrogen (secondary N) is 3. The van der Waals surface area contributed by atoms with Gasteiger partial charge in [-0.05, 0) is 34.6 Å². The molecule has 0 saturated carbocycles. The van der Waals surface area contributed by atoms with Gasteiger partial charge in [-0.15, -0.1) is 0 Å². The Morgan fingerprint density at radius 2 is 1.54 bits per heavy atom. The van der Waals surface area contributed by atoms with Crippen LogP contribution >= 0.6 is 12.2 Å². The van der Waals surface area contributed by atoms with E-state index in [1.807, 2.05) is 66.7 Å². The zero-order valence-electron chi connectivity index (χ0n) is 13.0. The summed E-state index contributed by atoms with van der Waals surface area (Å²) in [5.74, 6) is -0.226. The first-order valence-corrected chi connectivity index (χ1v) is 8.01. The number of carbonyl (C=O) groups excluding carboxylic acids is 1. The van der Waals surface area contributed by atoms with Crippen LogP contribution in [0, 0.1) is 0 Å². The summed E-state index contributed by atoms with van der Waals surface area (Å²) in [6, 6.07) is 23.3. The molecule has 3 N–H and O–H groups in total. The van der Waals surface area contributed by atoms with Crippen LogP contribution in [0.4, 0.5) is 0 Å². The van der Waals surface area contributed by atoms with Crippen LogP contribution in [0.5, 0.6) is 0 Å². The fourth-order valence-corrected chi connectivity index (χ4v) is 2.55. The van der Waals surface area contributed by atoms with Crippen LogP contribution in [0.3, 0.4) is 0 Å². The van der Waals surface area contributed by atoms with Crippen molar-refractivity contribution in [2.45, 2.75) is 6.54 Å². The maximum Gasteiger partial charge on any atom is 0.270 e. The Bertz CT molecular complexity index is 859. The molecule has 0 saturated heterocycles. The summed E-state index contributed by atoms with van der Waals surface area (Å²) >= 11 is 5.18. The molecule has 0 spiro atoms. The third-order valence-corrected chi connectivity index (χ3v) is 3.87. The Labute approximate surface area is 145 Å². The van der Waals surface area contributed by atoms with Crippen LogP contribution < -0.4 is 16.2 Å². The molecule has 0 bridgehead atoms. The summed E-state index contributed by atoms with van der Waals surface area (Å²) in [6.45, 7) is 0.594. The summed E-state index contributed by atoms with van der Waals surface area (Å²) in [4.78, 5) is 12.4. The minimum Gasteiger partial charge on any atom is -0.357 e. The molecule has 0 fully saturated rings. The first-order valence-electron chi connectivity index (χ1n) is 7.60. The summed E-state index contributed by atoms with van der Waals surface area (Å²) in [5, 5.41) is 5.34. The van der Waals surface area contributed by atoms with E-state index in [1.165, 1.54) is 0 Å². The molecule has 24 heavy (non-hydrogen) atoms. The highest BCUT2D eigenvalue weighted by Gasteiger charge is 2.09. The SMILES string of the molecule is O=C(NNC(=S)NCc1ccccc1)c1cccc2ccccc12. The van der Waals surface area contributed by atoms with Gasteiger partial charge in [-0.3, -0.25) is 15.6 Å². The van der Waals surface area contributed by atoms with Gasteiger partial charge in [-0.2, -0.15) is 0 Å². The molecule has 0 aromatic heterocycles. The van der Waals surface area contributed by atoms with Crippen LogP contribution in [0.25, 0.3) is 10.8 Å². The quantitative estimate of drug-likeness (QED) is 0.508. The average Bonchev–Trinajstić information content (AvgIpc) is 2.64. The number of hydrazine groups is 1. The molecule has 0 unspecified atom stereocenters. The average molecular weight is 335 g/mol. The number of carbonyl (C=O) groups is 1. The fourth-order valence-electron chi connectivity index (χ4n) is 2.43. The fraction of sp³-hybridized carbons (Fsp3) is 0.0526. The molecule has 120 valence electrons. The van der Waals surface area contributed by atoms with Crippen molar-refractivity contribution in [2.24, 2.45) is 0 Å². The summed E-state index contributed by atoms with van der Waals surface area (Å²) < 4.78 is 0. The van der Waals surface area contributed by atoms with Gasteiger partial charge >= 0.3 is 0 Å². The molecular weight excluding hydrogens is 318 g/mol. The number of hydrogen-bond donors (Lipinski definition) is 3. The van der Waals surface area contributed by atoms with Crippen molar-refractivity contribution in [1.29, 1.82) is 0 Å². The van der Waals surface area contributed by atoms with Gasteiger partial charge < -0.3 is 5.32 Å². The highest BCUT2D eigenvalue weighted by atomic mass is 32.1. The number of benzene rings is 3. The summed E-state index contributed by atoms with van der Waals surface area (Å²) in [5.41, 5.74) is 7.09. The number of fused-ring (bicyclic) bond motifs is 1. The maximum absolute atomic E-state index is 12.4. The number of rotatable bonds is 3. The second kappa shape index (κ2) is 7.57. The smallest absolute Gasteiger partial charge is 0.270 e. The molecule has 3 rings (SSSR count). The predicted octanol–water partition coefficient (Wildman–Crippen LogP) is 3.15. The van der Waals surface area contributed by atoms with E-state index in [9.17, 15) is 4.79 Å². The van der Waals surface area contributed by atoms with Crippen LogP contribution in [0.15, 0.2) is 72.8 Å². The van der Waals surface area contributed by atoms with Gasteiger partial charge in [-0.1, -0.05) is 66.7 Å². The highest BCUT2D eigenvalue weighted by molar-refractivity contribution is 7.80. The van der Waals surface area contributed by atoms with E-state index in [4.69, 9.17) is 12.2 Å². The van der Waals surface area contributed by atoms with E-state index in [2.05, 4.69) is 16.2 Å². The molecule has 5 heteroatoms.